The zero-order valence-electron chi connectivity index (χ0n) is 71.0. The van der Waals surface area contributed by atoms with E-state index >= 15 is 24.0 Å². The molecule has 0 aliphatic carbocycles. The van der Waals surface area contributed by atoms with Gasteiger partial charge in [-0.3, -0.25) is 57.4 Å². The van der Waals surface area contributed by atoms with Crippen molar-refractivity contribution < 1.29 is 132 Å². The molecule has 42 nitrogen and oxygen atoms in total. The number of aliphatic hydroxyl groups excluding tert-OH is 6. The van der Waals surface area contributed by atoms with E-state index in [1.54, 1.807) is 26.8 Å². The molecule has 3 fully saturated rings. The molecule has 3 saturated heterocycles. The summed E-state index contributed by atoms with van der Waals surface area (Å²) in [7, 11) is 1.46. The van der Waals surface area contributed by atoms with E-state index in [2.05, 4.69) is 58.3 Å². The highest BCUT2D eigenvalue weighted by Crippen LogP contribution is 2.50. The summed E-state index contributed by atoms with van der Waals surface area (Å²) in [6, 6.07) is 5.01. The zero-order chi connectivity index (χ0) is 95.2. The molecule has 18 atom stereocenters. The lowest BCUT2D eigenvalue weighted by molar-refractivity contribution is -0.334. The fourth-order valence-electron chi connectivity index (χ4n) is 15.9. The zero-order valence-corrected chi connectivity index (χ0v) is 74.0. The highest BCUT2D eigenvalue weighted by atomic mass is 35.5. The summed E-state index contributed by atoms with van der Waals surface area (Å²) >= 11 is 26.6. The van der Waals surface area contributed by atoms with E-state index in [1.807, 2.05) is 0 Å². The molecule has 706 valence electrons. The first-order valence-corrected chi connectivity index (χ1v) is 43.1. The van der Waals surface area contributed by atoms with Gasteiger partial charge in [-0.15, -0.1) is 0 Å². The number of phenolic OH excluding ortho intramolecular Hbond substituents is 3. The standard InChI is InChI=1S/C86H96Cl4N14O28/c1-36(2)22-50(92-5)77(117)100-68-70(112)40-8-12-54(48(89)26-40)128-56-28-42-29-57(74(56)132-84-75(73(115)72(114)58(34-105)130-84)131-63-33-86(4,76(116)37(3)127-63)93-15-17-104-16-14-60(96-85(104)124)95-61(110)24-38-6-10-46(87)47(88)23-38)129-55-13-9-41(27-49(55)90)71(113)69-82(122)99-67(83(123)102-126-35-62(111)103-18-20-125-21-19-103)45-30-43(106)31-53(108)64(45)44-25-39(7-11-52(44)107)65(79(119)101-69)98-80(120)66(42)97-78(118)51(32-59(91)109)94-81(68)121/h6-14,16,23,25-31,36-37,50-51,58,63,65-73,75-76,84,92-93,105-108,112-116H,15,17-22,24,32-35H2,1-5H3,(H2,91,109)(H,94,121)(H,97,118)(H,98,120)(H,99,122)(H,100,117)(H,101,119)(H,102,123)(H,95,96,110,124)/t37-,50+,51-,58+,63-,65+,66+,67+,68+,69-,70+,71+,72+,73-,75+,76+,84?,86+/m0/s1. The molecule has 7 aromatic rings. The minimum atomic E-state index is -2.42. The van der Waals surface area contributed by atoms with Crippen LogP contribution in [0.1, 0.15) is 111 Å². The summed E-state index contributed by atoms with van der Waals surface area (Å²) in [5, 5.41) is 131. The minimum absolute atomic E-state index is 0.0495. The number of phenols is 3. The molecule has 8 aliphatic heterocycles. The predicted molar refractivity (Wildman–Crippen MR) is 464 cm³/mol. The van der Waals surface area contributed by atoms with Crippen molar-refractivity contribution in [2.45, 2.75) is 169 Å². The van der Waals surface area contributed by atoms with Crippen LogP contribution in [0.3, 0.4) is 0 Å². The summed E-state index contributed by atoms with van der Waals surface area (Å²) in [6.07, 6.45) is -18.5. The Kier molecular flexibility index (Phi) is 31.2. The molecular formula is C86H96Cl4N14O28. The van der Waals surface area contributed by atoms with Crippen LogP contribution in [-0.2, 0) is 84.7 Å². The molecule has 46 heteroatoms. The largest absolute Gasteiger partial charge is 0.508 e. The quantitative estimate of drug-likeness (QED) is 0.0401. The van der Waals surface area contributed by atoms with Crippen LogP contribution in [0, 0.1) is 5.92 Å². The number of hydrogen-bond acceptors (Lipinski definition) is 31. The van der Waals surface area contributed by atoms with Crippen molar-refractivity contribution in [3.05, 3.63) is 173 Å². The number of aromatic nitrogens is 2. The highest BCUT2D eigenvalue weighted by Gasteiger charge is 2.53. The molecule has 6 aromatic carbocycles. The summed E-state index contributed by atoms with van der Waals surface area (Å²) in [5.74, 6) is -17.3. The van der Waals surface area contributed by atoms with Gasteiger partial charge in [0, 0.05) is 61.5 Å². The molecule has 0 spiro atoms. The van der Waals surface area contributed by atoms with Gasteiger partial charge >= 0.3 is 5.69 Å². The number of halogens is 4. The van der Waals surface area contributed by atoms with Crippen LogP contribution in [0.4, 0.5) is 5.82 Å². The van der Waals surface area contributed by atoms with E-state index in [0.717, 1.165) is 66.7 Å². The number of amides is 10. The van der Waals surface area contributed by atoms with Crippen LogP contribution in [0.5, 0.6) is 46.0 Å². The number of hydroxylamine groups is 1. The number of ether oxygens (including phenoxy) is 7. The molecule has 11 bridgehead atoms. The summed E-state index contributed by atoms with van der Waals surface area (Å²) in [5.41, 5.74) is 3.27. The fraction of sp³-hybridized carbons (Fsp3) is 0.419. The van der Waals surface area contributed by atoms with Crippen molar-refractivity contribution in [2.75, 3.05) is 58.4 Å². The summed E-state index contributed by atoms with van der Waals surface area (Å²) in [4.78, 5) is 171. The predicted octanol–water partition coefficient (Wildman–Crippen LogP) is 1.30. The van der Waals surface area contributed by atoms with Gasteiger partial charge in [-0.2, -0.15) is 4.98 Å². The first kappa shape index (κ1) is 97.9. The Balaban J connectivity index is 0.935. The topological polar surface area (TPSA) is 611 Å². The van der Waals surface area contributed by atoms with E-state index in [1.165, 1.54) is 60.0 Å². The summed E-state index contributed by atoms with van der Waals surface area (Å²) < 4.78 is 46.0. The van der Waals surface area contributed by atoms with Gasteiger partial charge < -0.3 is 138 Å². The molecule has 15 rings (SSSR count). The van der Waals surface area contributed by atoms with E-state index in [0.29, 0.717) is 5.56 Å². The highest BCUT2D eigenvalue weighted by molar-refractivity contribution is 6.42. The van der Waals surface area contributed by atoms with Crippen LogP contribution >= 0.6 is 46.4 Å². The molecule has 0 radical (unpaired) electrons. The van der Waals surface area contributed by atoms with Gasteiger partial charge in [0.25, 0.3) is 11.8 Å². The molecular weight excluding hydrogens is 1820 g/mol. The van der Waals surface area contributed by atoms with Gasteiger partial charge in [0.2, 0.25) is 59.3 Å². The second-order valence-corrected chi connectivity index (χ2v) is 34.4. The van der Waals surface area contributed by atoms with Crippen molar-refractivity contribution in [1.82, 2.24) is 62.5 Å². The first-order valence-electron chi connectivity index (χ1n) is 41.5. The Bertz CT molecular complexity index is 5640. The second-order valence-electron chi connectivity index (χ2n) is 32.7. The number of aliphatic hydroxyl groups is 6. The van der Waals surface area contributed by atoms with Gasteiger partial charge in [-0.05, 0) is 139 Å². The maximum atomic E-state index is 16.4. The van der Waals surface area contributed by atoms with Crippen LogP contribution in [-0.4, -0.2) is 252 Å². The second kappa shape index (κ2) is 42.1. The number of carbonyl (C=O) groups is 10. The number of nitrogens with one attached hydrogen (secondary N) is 10. The van der Waals surface area contributed by atoms with Gasteiger partial charge in [-0.25, -0.2) is 10.3 Å². The number of benzene rings is 6. The molecule has 21 N–H and O–H groups in total. The number of aromatic hydroxyl groups is 3. The van der Waals surface area contributed by atoms with Gasteiger partial charge in [0.05, 0.1) is 71.0 Å². The summed E-state index contributed by atoms with van der Waals surface area (Å²) in [6.45, 7) is 5.46. The lowest BCUT2D eigenvalue weighted by Crippen LogP contribution is -2.65. The number of likely N-dealkylation sites (N-methyl/N-ethyl adjacent to an activating group) is 1. The molecule has 1 unspecified atom stereocenters. The molecule has 0 saturated carbocycles. The van der Waals surface area contributed by atoms with Gasteiger partial charge in [0.15, 0.2) is 30.5 Å². The maximum absolute atomic E-state index is 16.4. The number of fused-ring (bicyclic) bond motifs is 15. The van der Waals surface area contributed by atoms with Crippen molar-refractivity contribution >= 4 is 111 Å². The van der Waals surface area contributed by atoms with Crippen molar-refractivity contribution in [2.24, 2.45) is 11.7 Å². The fourth-order valence-corrected chi connectivity index (χ4v) is 16.7. The number of carbonyl (C=O) groups excluding carboxylic acids is 10. The monoisotopic (exact) mass is 1910 g/mol. The number of rotatable bonds is 23. The smallest absolute Gasteiger partial charge is 0.349 e. The molecule has 132 heavy (non-hydrogen) atoms. The molecule has 9 heterocycles. The third kappa shape index (κ3) is 22.5. The van der Waals surface area contributed by atoms with Crippen molar-refractivity contribution in [3.8, 4) is 57.1 Å². The van der Waals surface area contributed by atoms with E-state index < -0.39 is 277 Å². The van der Waals surface area contributed by atoms with Crippen LogP contribution < -0.4 is 79.0 Å². The third-order valence-corrected chi connectivity index (χ3v) is 24.2. The Hall–Kier alpha value is -11.7. The number of anilines is 1. The minimum Gasteiger partial charge on any atom is -0.508 e. The Morgan fingerprint density at radius 1 is 0.697 bits per heavy atom. The van der Waals surface area contributed by atoms with Crippen LogP contribution in [0.2, 0.25) is 20.1 Å². The Morgan fingerprint density at radius 2 is 1.36 bits per heavy atom. The van der Waals surface area contributed by atoms with Crippen LogP contribution in [0.15, 0.2) is 114 Å². The average Bonchev–Trinajstić information content (AvgIpc) is 0.760. The molecule has 1 aromatic heterocycles. The van der Waals surface area contributed by atoms with E-state index in [-0.39, 0.29) is 91.6 Å². The third-order valence-electron chi connectivity index (χ3n) is 22.9. The van der Waals surface area contributed by atoms with Crippen molar-refractivity contribution in [1.29, 1.82) is 0 Å². The lowest BCUT2D eigenvalue weighted by Gasteiger charge is -2.48. The number of primary amides is 1. The van der Waals surface area contributed by atoms with Crippen LogP contribution in [0.25, 0.3) is 11.1 Å². The van der Waals surface area contributed by atoms with Crippen molar-refractivity contribution in [3.63, 3.8) is 0 Å². The number of morpholine rings is 1. The number of hydrogen-bond donors (Lipinski definition) is 20. The average molecular weight is 1920 g/mol. The van der Waals surface area contributed by atoms with E-state index in [4.69, 9.17) is 90.1 Å². The van der Waals surface area contributed by atoms with Gasteiger partial charge in [0.1, 0.15) is 101 Å². The number of nitrogens with zero attached hydrogens (tertiary/aromatic N) is 3. The number of nitrogens with two attached hydrogens (primary N) is 1. The molecule has 8 aliphatic rings. The van der Waals surface area contributed by atoms with Gasteiger partial charge in [-0.1, -0.05) is 84.5 Å². The molecule has 10 amide bonds. The first-order chi connectivity index (χ1) is 62.8. The Labute approximate surface area is 771 Å². The Morgan fingerprint density at radius 3 is 2.00 bits per heavy atom. The maximum Gasteiger partial charge on any atom is 0.349 e. The van der Waals surface area contributed by atoms with E-state index in [9.17, 15) is 74.7 Å². The lowest BCUT2D eigenvalue weighted by atomic mass is 9.85. The SMILES string of the molecule is CN[C@H](CC(C)C)C(=O)N[C@H]1C(=O)N[C@@H](CC(N)=O)C(=O)N[C@H]2C(=O)N[C@H]3C(=O)N[C@H](C(=O)N[C@@H](C(=O)NOCC(=O)N4CCOCC4)c4cc(O)cc(O)c4-c4cc3ccc4O)[C@H](O)c3ccc(c(Cl)c3)Oc3cc2cc(c3OC2O[C@H](CO)[C@@H](O)[C@H](O)[C@H]2O[C@H]2C[C@@](C)(NCCn3ccc(NC(=O)Cc4ccc(Cl)c(Cl)c4)nc3=O)[C@H](O)[C@H](C)O2)Oc2ccc(cc2Cl)[C@H]1O. The normalized spacial score (nSPS) is 25.9.